The lowest BCUT2D eigenvalue weighted by Crippen LogP contribution is -2.57. The zero-order valence-corrected chi connectivity index (χ0v) is 23.8. The van der Waals surface area contributed by atoms with E-state index in [0.29, 0.717) is 27.9 Å². The molecular formula is C26H36ClN7O4. The van der Waals surface area contributed by atoms with Crippen molar-refractivity contribution < 1.29 is 19.1 Å². The number of nitrogens with zero attached hydrogens (tertiary/aromatic N) is 3. The van der Waals surface area contributed by atoms with Gasteiger partial charge in [0.1, 0.15) is 10.8 Å². The summed E-state index contributed by atoms with van der Waals surface area (Å²) in [6, 6.07) is 6.75. The number of carbonyl (C=O) groups is 3. The van der Waals surface area contributed by atoms with Crippen LogP contribution in [0.4, 0.5) is 5.69 Å². The fourth-order valence-corrected chi connectivity index (χ4v) is 4.21. The van der Waals surface area contributed by atoms with Crippen molar-refractivity contribution in [3.05, 3.63) is 40.8 Å². The lowest BCUT2D eigenvalue weighted by molar-refractivity contribution is -0.125. The average molecular weight is 546 g/mol. The minimum atomic E-state index is -0.776. The molecule has 0 saturated heterocycles. The molecule has 3 rings (SSSR count). The van der Waals surface area contributed by atoms with Crippen LogP contribution >= 0.6 is 11.6 Å². The number of halogens is 1. The zero-order valence-electron chi connectivity index (χ0n) is 23.1. The maximum absolute atomic E-state index is 13.0. The molecule has 0 radical (unpaired) electrons. The summed E-state index contributed by atoms with van der Waals surface area (Å²) >= 11 is 6.59. The van der Waals surface area contributed by atoms with E-state index in [-0.39, 0.29) is 30.4 Å². The van der Waals surface area contributed by atoms with Crippen LogP contribution in [-0.2, 0) is 25.2 Å². The SMILES string of the molecule is CC(=O)NCC(=O)Nc1ccccc1OCC(=O)NC(C)(C)C(C)(C)c1nnc2c(Cl)c(C(C)(C)C)[nH]n12. The minimum Gasteiger partial charge on any atom is -0.482 e. The average Bonchev–Trinajstić information content (AvgIpc) is 3.37. The van der Waals surface area contributed by atoms with Crippen LogP contribution < -0.4 is 20.7 Å². The third-order valence-electron chi connectivity index (χ3n) is 6.64. The van der Waals surface area contributed by atoms with Gasteiger partial charge in [0.25, 0.3) is 5.91 Å². The van der Waals surface area contributed by atoms with Gasteiger partial charge in [0.15, 0.2) is 18.1 Å². The Kier molecular flexibility index (Phi) is 8.11. The predicted octanol–water partition coefficient (Wildman–Crippen LogP) is 3.33. The van der Waals surface area contributed by atoms with E-state index in [1.54, 1.807) is 28.8 Å². The van der Waals surface area contributed by atoms with Crippen LogP contribution in [0.5, 0.6) is 5.75 Å². The van der Waals surface area contributed by atoms with Crippen molar-refractivity contribution in [2.45, 2.75) is 71.8 Å². The number of rotatable bonds is 9. The van der Waals surface area contributed by atoms with Crippen LogP contribution in [0.1, 0.15) is 66.9 Å². The topological polar surface area (TPSA) is 143 Å². The van der Waals surface area contributed by atoms with Gasteiger partial charge in [-0.05, 0) is 26.0 Å². The third-order valence-corrected chi connectivity index (χ3v) is 7.00. The highest BCUT2D eigenvalue weighted by molar-refractivity contribution is 6.34. The number of hydrogen-bond acceptors (Lipinski definition) is 6. The van der Waals surface area contributed by atoms with Crippen molar-refractivity contribution in [3.63, 3.8) is 0 Å². The van der Waals surface area contributed by atoms with Gasteiger partial charge in [-0.3, -0.25) is 19.5 Å². The van der Waals surface area contributed by atoms with Gasteiger partial charge >= 0.3 is 0 Å². The molecule has 3 aromatic rings. The summed E-state index contributed by atoms with van der Waals surface area (Å²) in [7, 11) is 0. The van der Waals surface area contributed by atoms with Crippen LogP contribution in [0.2, 0.25) is 5.02 Å². The van der Waals surface area contributed by atoms with E-state index in [1.807, 2.05) is 27.7 Å². The van der Waals surface area contributed by atoms with E-state index in [2.05, 4.69) is 52.0 Å². The van der Waals surface area contributed by atoms with E-state index in [4.69, 9.17) is 16.3 Å². The molecule has 3 amide bonds. The van der Waals surface area contributed by atoms with Gasteiger partial charge in [0, 0.05) is 23.3 Å². The third kappa shape index (κ3) is 6.09. The largest absolute Gasteiger partial charge is 0.482 e. The lowest BCUT2D eigenvalue weighted by Gasteiger charge is -2.40. The molecule has 4 N–H and O–H groups in total. The van der Waals surface area contributed by atoms with Gasteiger partial charge in [-0.1, -0.05) is 58.4 Å². The second-order valence-electron chi connectivity index (χ2n) is 11.3. The highest BCUT2D eigenvalue weighted by Crippen LogP contribution is 2.37. The quantitative estimate of drug-likeness (QED) is 0.325. The Morgan fingerprint density at radius 2 is 1.68 bits per heavy atom. The fourth-order valence-electron chi connectivity index (χ4n) is 3.77. The maximum atomic E-state index is 13.0. The number of amides is 3. The standard InChI is InChI=1S/C26H36ClN7O4/c1-15(35)28-13-18(36)29-16-11-9-10-12-17(16)38-14-19(37)30-26(7,8)25(5,6)23-32-31-22-20(27)21(24(2,3)4)33-34(22)23/h9-12,33H,13-14H2,1-8H3,(H,28,35)(H,29,36)(H,30,37). The molecule has 0 spiro atoms. The van der Waals surface area contributed by atoms with Crippen LogP contribution in [-0.4, -0.2) is 56.2 Å². The second-order valence-corrected chi connectivity index (χ2v) is 11.7. The molecule has 12 heteroatoms. The summed E-state index contributed by atoms with van der Waals surface area (Å²) in [5, 5.41) is 20.7. The number of benzene rings is 1. The van der Waals surface area contributed by atoms with E-state index in [9.17, 15) is 14.4 Å². The summed E-state index contributed by atoms with van der Waals surface area (Å²) in [6.45, 7) is 14.8. The summed E-state index contributed by atoms with van der Waals surface area (Å²) in [5.74, 6) is -0.146. The zero-order chi connectivity index (χ0) is 28.5. The first-order valence-electron chi connectivity index (χ1n) is 12.3. The smallest absolute Gasteiger partial charge is 0.258 e. The number of para-hydroxylation sites is 2. The van der Waals surface area contributed by atoms with Gasteiger partial charge in [-0.2, -0.15) is 0 Å². The Morgan fingerprint density at radius 3 is 2.32 bits per heavy atom. The van der Waals surface area contributed by atoms with Crippen LogP contribution in [0.15, 0.2) is 24.3 Å². The first kappa shape index (κ1) is 29.0. The van der Waals surface area contributed by atoms with Crippen molar-refractivity contribution in [3.8, 4) is 5.75 Å². The number of anilines is 1. The molecule has 38 heavy (non-hydrogen) atoms. The van der Waals surface area contributed by atoms with E-state index >= 15 is 0 Å². The number of H-pyrrole nitrogens is 1. The summed E-state index contributed by atoms with van der Waals surface area (Å²) < 4.78 is 7.50. The van der Waals surface area contributed by atoms with Crippen LogP contribution in [0, 0.1) is 0 Å². The predicted molar refractivity (Wildman–Crippen MR) is 146 cm³/mol. The number of ether oxygens (including phenoxy) is 1. The van der Waals surface area contributed by atoms with Gasteiger partial charge in [-0.25, -0.2) is 4.52 Å². The monoisotopic (exact) mass is 545 g/mol. The van der Waals surface area contributed by atoms with Crippen molar-refractivity contribution in [1.82, 2.24) is 30.4 Å². The highest BCUT2D eigenvalue weighted by Gasteiger charge is 2.44. The maximum Gasteiger partial charge on any atom is 0.258 e. The number of aromatic nitrogens is 4. The number of aromatic amines is 1. The van der Waals surface area contributed by atoms with Crippen molar-refractivity contribution in [1.29, 1.82) is 0 Å². The normalized spacial score (nSPS) is 12.3. The van der Waals surface area contributed by atoms with Gasteiger partial charge in [0.2, 0.25) is 11.8 Å². The fraction of sp³-hybridized carbons (Fsp3) is 0.500. The molecule has 0 aliphatic heterocycles. The number of carbonyl (C=O) groups excluding carboxylic acids is 3. The first-order valence-corrected chi connectivity index (χ1v) is 12.6. The summed E-state index contributed by atoms with van der Waals surface area (Å²) in [5.41, 5.74) is 0.0870. The van der Waals surface area contributed by atoms with Crippen LogP contribution in [0.3, 0.4) is 0 Å². The van der Waals surface area contributed by atoms with Crippen molar-refractivity contribution in [2.24, 2.45) is 0 Å². The molecule has 2 heterocycles. The molecule has 0 aliphatic carbocycles. The molecule has 1 aromatic carbocycles. The Hall–Kier alpha value is -3.60. The van der Waals surface area contributed by atoms with Gasteiger partial charge in [0.05, 0.1) is 17.9 Å². The molecule has 0 atom stereocenters. The molecular weight excluding hydrogens is 510 g/mol. The molecule has 0 unspecified atom stereocenters. The molecule has 0 aliphatic rings. The first-order chi connectivity index (χ1) is 17.5. The molecule has 206 valence electrons. The van der Waals surface area contributed by atoms with Crippen molar-refractivity contribution >= 4 is 40.7 Å². The number of fused-ring (bicyclic) bond motifs is 1. The number of hydrogen-bond donors (Lipinski definition) is 4. The van der Waals surface area contributed by atoms with Gasteiger partial charge in [-0.15, -0.1) is 10.2 Å². The van der Waals surface area contributed by atoms with Gasteiger partial charge < -0.3 is 20.7 Å². The molecule has 2 aromatic heterocycles. The Morgan fingerprint density at radius 1 is 1.03 bits per heavy atom. The molecule has 0 bridgehead atoms. The lowest BCUT2D eigenvalue weighted by atomic mass is 9.73. The second kappa shape index (κ2) is 10.6. The molecule has 0 saturated carbocycles. The van der Waals surface area contributed by atoms with Crippen LogP contribution in [0.25, 0.3) is 5.65 Å². The van der Waals surface area contributed by atoms with E-state index < -0.39 is 16.9 Å². The Bertz CT molecular complexity index is 1350. The molecule has 11 nitrogen and oxygen atoms in total. The van der Waals surface area contributed by atoms with Crippen molar-refractivity contribution in [2.75, 3.05) is 18.5 Å². The summed E-state index contributed by atoms with van der Waals surface area (Å²) in [4.78, 5) is 36.1. The summed E-state index contributed by atoms with van der Waals surface area (Å²) in [6.07, 6.45) is 0. The highest BCUT2D eigenvalue weighted by atomic mass is 35.5. The molecule has 0 fully saturated rings. The minimum absolute atomic E-state index is 0.174. The number of nitrogens with one attached hydrogen (secondary N) is 4. The van der Waals surface area contributed by atoms with E-state index in [1.165, 1.54) is 6.92 Å². The Balaban J connectivity index is 1.72. The Labute approximate surface area is 227 Å². The van der Waals surface area contributed by atoms with E-state index in [0.717, 1.165) is 5.69 Å².